The predicted octanol–water partition coefficient (Wildman–Crippen LogP) is 3.50. The van der Waals surface area contributed by atoms with Gasteiger partial charge in [0.2, 0.25) is 0 Å². The lowest BCUT2D eigenvalue weighted by molar-refractivity contribution is 0.0266. The summed E-state index contributed by atoms with van der Waals surface area (Å²) in [6.07, 6.45) is 1.03. The van der Waals surface area contributed by atoms with Crippen LogP contribution in [0.25, 0.3) is 0 Å². The highest BCUT2D eigenvalue weighted by Crippen LogP contribution is 2.28. The van der Waals surface area contributed by atoms with Crippen LogP contribution in [-0.2, 0) is 4.74 Å². The predicted molar refractivity (Wildman–Crippen MR) is 110 cm³/mol. The molecule has 1 unspecified atom stereocenters. The number of aliphatic imine (C=N–C) groups is 1. The molecule has 0 saturated heterocycles. The quantitative estimate of drug-likeness (QED) is 0.342. The van der Waals surface area contributed by atoms with Crippen molar-refractivity contribution >= 4 is 35.6 Å². The third-order valence-electron chi connectivity index (χ3n) is 3.49. The molecule has 0 radical (unpaired) electrons. The highest BCUT2D eigenvalue weighted by Gasteiger charge is 2.12. The average molecular weight is 451 g/mol. The molecule has 7 heteroatoms. The molecule has 0 saturated carbocycles. The maximum absolute atomic E-state index is 5.96. The van der Waals surface area contributed by atoms with E-state index in [1.165, 1.54) is 0 Å². The first-order chi connectivity index (χ1) is 11.0. The minimum Gasteiger partial charge on any atom is -0.497 e. The van der Waals surface area contributed by atoms with Crippen LogP contribution in [0.3, 0.4) is 0 Å². The highest BCUT2D eigenvalue weighted by molar-refractivity contribution is 14.0. The normalized spacial score (nSPS) is 12.5. The monoisotopic (exact) mass is 451 g/mol. The third-order valence-corrected chi connectivity index (χ3v) is 3.49. The Hall–Kier alpha value is -1.22. The van der Waals surface area contributed by atoms with E-state index in [-0.39, 0.29) is 30.1 Å². The van der Waals surface area contributed by atoms with E-state index in [4.69, 9.17) is 19.9 Å². The summed E-state index contributed by atoms with van der Waals surface area (Å²) in [4.78, 5) is 4.36. The molecule has 138 valence electrons. The number of hydrogen-bond acceptors (Lipinski definition) is 4. The molecule has 3 N–H and O–H groups in total. The molecule has 0 aliphatic carbocycles. The summed E-state index contributed by atoms with van der Waals surface area (Å²) in [5.74, 6) is 2.20. The number of nitrogens with one attached hydrogen (secondary N) is 1. The fourth-order valence-corrected chi connectivity index (χ4v) is 2.22. The molecule has 0 heterocycles. The van der Waals surface area contributed by atoms with Gasteiger partial charge in [0.25, 0.3) is 0 Å². The van der Waals surface area contributed by atoms with E-state index < -0.39 is 0 Å². The van der Waals surface area contributed by atoms with Crippen molar-refractivity contribution in [3.05, 3.63) is 18.2 Å². The van der Waals surface area contributed by atoms with E-state index in [1.807, 2.05) is 25.1 Å². The lowest BCUT2D eigenvalue weighted by Crippen LogP contribution is -2.25. The molecule has 0 aliphatic rings. The summed E-state index contributed by atoms with van der Waals surface area (Å²) in [6, 6.07) is 5.46. The number of nitrogens with two attached hydrogens (primary N) is 1. The van der Waals surface area contributed by atoms with Gasteiger partial charge in [-0.2, -0.15) is 0 Å². The van der Waals surface area contributed by atoms with Gasteiger partial charge in [0.05, 0.1) is 26.0 Å². The van der Waals surface area contributed by atoms with Crippen LogP contribution in [0.5, 0.6) is 11.5 Å². The van der Waals surface area contributed by atoms with E-state index in [2.05, 4.69) is 24.2 Å². The van der Waals surface area contributed by atoms with Crippen LogP contribution >= 0.6 is 24.0 Å². The van der Waals surface area contributed by atoms with E-state index in [0.717, 1.165) is 17.9 Å². The van der Waals surface area contributed by atoms with Gasteiger partial charge in [-0.15, -0.1) is 24.0 Å². The number of hydrogen-bond donors (Lipinski definition) is 2. The van der Waals surface area contributed by atoms with Crippen LogP contribution in [0.15, 0.2) is 23.2 Å². The summed E-state index contributed by atoms with van der Waals surface area (Å²) in [6.45, 7) is 7.61. The second kappa shape index (κ2) is 12.2. The molecule has 0 fully saturated rings. The summed E-state index contributed by atoms with van der Waals surface area (Å²) in [5.41, 5.74) is 6.68. The third kappa shape index (κ3) is 7.57. The molecule has 1 aromatic carbocycles. The molecule has 24 heavy (non-hydrogen) atoms. The number of nitrogens with zero attached hydrogens (tertiary/aromatic N) is 1. The van der Waals surface area contributed by atoms with Crippen LogP contribution < -0.4 is 20.5 Å². The topological polar surface area (TPSA) is 78.1 Å². The maximum Gasteiger partial charge on any atom is 0.193 e. The smallest absolute Gasteiger partial charge is 0.193 e. The van der Waals surface area contributed by atoms with E-state index >= 15 is 0 Å². The molecule has 1 rings (SSSR count). The number of anilines is 1. The second-order valence-corrected chi connectivity index (χ2v) is 5.48. The standard InChI is InChI=1S/C17H29N3O3.HI/c1-6-23-15(12(2)3)9-10-19-17(18)20-14-11-13(21-4)7-8-16(14)22-5;/h7-8,11-12,15H,6,9-10H2,1-5H3,(H3,18,19,20);1H. The van der Waals surface area contributed by atoms with Crippen LogP contribution in [0.4, 0.5) is 5.69 Å². The Morgan fingerprint density at radius 2 is 1.96 bits per heavy atom. The van der Waals surface area contributed by atoms with Gasteiger partial charge in [-0.25, -0.2) is 0 Å². The van der Waals surface area contributed by atoms with Gasteiger partial charge in [0.15, 0.2) is 5.96 Å². The summed E-state index contributed by atoms with van der Waals surface area (Å²) >= 11 is 0. The lowest BCUT2D eigenvalue weighted by Gasteiger charge is -2.19. The zero-order valence-electron chi connectivity index (χ0n) is 15.2. The second-order valence-electron chi connectivity index (χ2n) is 5.48. The average Bonchev–Trinajstić information content (AvgIpc) is 2.53. The Balaban J connectivity index is 0.00000529. The maximum atomic E-state index is 5.96. The van der Waals surface area contributed by atoms with Crippen molar-refractivity contribution in [2.75, 3.05) is 32.7 Å². The first kappa shape index (κ1) is 22.8. The van der Waals surface area contributed by atoms with Crippen molar-refractivity contribution in [1.82, 2.24) is 0 Å². The molecular weight excluding hydrogens is 421 g/mol. The summed E-state index contributed by atoms with van der Waals surface area (Å²) in [7, 11) is 3.22. The Morgan fingerprint density at radius 3 is 2.50 bits per heavy atom. The Kier molecular flexibility index (Phi) is 11.6. The zero-order chi connectivity index (χ0) is 17.2. The van der Waals surface area contributed by atoms with Gasteiger partial charge >= 0.3 is 0 Å². The highest BCUT2D eigenvalue weighted by atomic mass is 127. The number of benzene rings is 1. The van der Waals surface area contributed by atoms with Gasteiger partial charge in [-0.1, -0.05) is 13.8 Å². The van der Waals surface area contributed by atoms with Gasteiger partial charge in [0, 0.05) is 19.2 Å². The summed E-state index contributed by atoms with van der Waals surface area (Å²) in [5, 5.41) is 3.05. The number of methoxy groups -OCH3 is 2. The summed E-state index contributed by atoms with van der Waals surface area (Å²) < 4.78 is 16.2. The van der Waals surface area contributed by atoms with Crippen molar-refractivity contribution in [3.8, 4) is 11.5 Å². The molecule has 0 bridgehead atoms. The minimum atomic E-state index is 0. The molecule has 0 amide bonds. The largest absolute Gasteiger partial charge is 0.497 e. The van der Waals surface area contributed by atoms with Crippen LogP contribution in [0, 0.1) is 5.92 Å². The molecule has 0 spiro atoms. The SMILES string of the molecule is CCOC(CCN=C(N)Nc1cc(OC)ccc1OC)C(C)C.I. The van der Waals surface area contributed by atoms with Gasteiger partial charge in [-0.3, -0.25) is 4.99 Å². The minimum absolute atomic E-state index is 0. The van der Waals surface area contributed by atoms with Crippen molar-refractivity contribution in [2.24, 2.45) is 16.6 Å². The van der Waals surface area contributed by atoms with Crippen molar-refractivity contribution in [1.29, 1.82) is 0 Å². The fraction of sp³-hybridized carbons (Fsp3) is 0.588. The van der Waals surface area contributed by atoms with Crippen LogP contribution in [0.2, 0.25) is 0 Å². The van der Waals surface area contributed by atoms with Gasteiger partial charge in [0.1, 0.15) is 11.5 Å². The van der Waals surface area contributed by atoms with Gasteiger partial charge in [-0.05, 0) is 31.4 Å². The zero-order valence-corrected chi connectivity index (χ0v) is 17.5. The van der Waals surface area contributed by atoms with Crippen LogP contribution in [0.1, 0.15) is 27.2 Å². The van der Waals surface area contributed by atoms with Crippen molar-refractivity contribution in [2.45, 2.75) is 33.3 Å². The molecule has 0 aliphatic heterocycles. The molecule has 1 atom stereocenters. The lowest BCUT2D eigenvalue weighted by atomic mass is 10.0. The molecule has 6 nitrogen and oxygen atoms in total. The number of guanidine groups is 1. The molecule has 1 aromatic rings. The van der Waals surface area contributed by atoms with E-state index in [9.17, 15) is 0 Å². The number of rotatable bonds is 9. The van der Waals surface area contributed by atoms with Gasteiger partial charge < -0.3 is 25.3 Å². The van der Waals surface area contributed by atoms with E-state index in [0.29, 0.717) is 30.8 Å². The molecular formula is C17H30IN3O3. The Labute approximate surface area is 162 Å². The number of ether oxygens (including phenoxy) is 3. The Morgan fingerprint density at radius 1 is 1.25 bits per heavy atom. The number of halogens is 1. The first-order valence-corrected chi connectivity index (χ1v) is 7.92. The van der Waals surface area contributed by atoms with Crippen molar-refractivity contribution < 1.29 is 14.2 Å². The molecule has 0 aromatic heterocycles. The van der Waals surface area contributed by atoms with Crippen LogP contribution in [-0.4, -0.2) is 39.4 Å². The first-order valence-electron chi connectivity index (χ1n) is 7.92. The van der Waals surface area contributed by atoms with Crippen molar-refractivity contribution in [3.63, 3.8) is 0 Å². The fourth-order valence-electron chi connectivity index (χ4n) is 2.22. The Bertz CT molecular complexity index is 510. The van der Waals surface area contributed by atoms with E-state index in [1.54, 1.807) is 14.2 Å².